The number of benzene rings is 1. The zero-order valence-corrected chi connectivity index (χ0v) is 20.6. The Morgan fingerprint density at radius 1 is 1.11 bits per heavy atom. The predicted molar refractivity (Wildman–Crippen MR) is 133 cm³/mol. The summed E-state index contributed by atoms with van der Waals surface area (Å²) in [5.41, 5.74) is 19.6. The average Bonchev–Trinajstić information content (AvgIpc) is 3.38. The molecule has 0 bridgehead atoms. The van der Waals surface area contributed by atoms with E-state index >= 15 is 4.39 Å². The molecule has 3 aromatic rings. The molecule has 1 spiro atoms. The fourth-order valence-corrected chi connectivity index (χ4v) is 6.75. The van der Waals surface area contributed by atoms with E-state index in [2.05, 4.69) is 27.1 Å². The molecule has 4 heterocycles. The molecule has 9 nitrogen and oxygen atoms in total. The van der Waals surface area contributed by atoms with Crippen molar-refractivity contribution in [3.05, 3.63) is 57.6 Å². The summed E-state index contributed by atoms with van der Waals surface area (Å²) in [7, 11) is 0. The normalized spacial score (nSPS) is 21.7. The van der Waals surface area contributed by atoms with Gasteiger partial charge in [0, 0.05) is 19.1 Å². The van der Waals surface area contributed by atoms with Crippen LogP contribution in [0.25, 0.3) is 0 Å². The van der Waals surface area contributed by atoms with Crippen LogP contribution in [0.1, 0.15) is 51.1 Å². The third-order valence-corrected chi connectivity index (χ3v) is 8.66. The number of carbonyl (C=O) groups excluding carboxylic acids is 1. The third kappa shape index (κ3) is 3.79. The number of thiazole rings is 1. The van der Waals surface area contributed by atoms with Gasteiger partial charge in [-0.3, -0.25) is 4.79 Å². The standard InChI is InChI=1S/C24H25F3N8OS/c25-18-20(34-7-5-23(6-8-34)9-12-3-1-2-4-13(12)16(23)28)33-19(29)15(31-18)21(36)35-10-14-17(24(26,27)11-35)32-22(30)37-14/h1-4,16H,5-11,28H2,(H2,29,33)(H2,30,32)/t16-/m1/s1. The maximum absolute atomic E-state index is 15.2. The average molecular weight is 531 g/mol. The van der Waals surface area contributed by atoms with E-state index < -0.39 is 35.7 Å². The molecule has 1 aliphatic carbocycles. The number of piperidine rings is 1. The molecule has 1 saturated heterocycles. The first-order valence-corrected chi connectivity index (χ1v) is 12.7. The van der Waals surface area contributed by atoms with E-state index in [0.717, 1.165) is 41.1 Å². The Labute approximate surface area is 214 Å². The summed E-state index contributed by atoms with van der Waals surface area (Å²) >= 11 is 0.877. The van der Waals surface area contributed by atoms with E-state index in [-0.39, 0.29) is 39.6 Å². The number of aromatic nitrogens is 3. The monoisotopic (exact) mass is 530 g/mol. The Balaban J connectivity index is 1.20. The largest absolute Gasteiger partial charge is 0.382 e. The Kier molecular flexibility index (Phi) is 5.35. The summed E-state index contributed by atoms with van der Waals surface area (Å²) < 4.78 is 44.4. The first-order chi connectivity index (χ1) is 17.6. The number of rotatable bonds is 2. The third-order valence-electron chi connectivity index (χ3n) is 7.79. The van der Waals surface area contributed by atoms with Crippen molar-refractivity contribution < 1.29 is 18.0 Å². The summed E-state index contributed by atoms with van der Waals surface area (Å²) in [5, 5.41) is -0.0144. The van der Waals surface area contributed by atoms with Gasteiger partial charge in [-0.05, 0) is 35.8 Å². The highest BCUT2D eigenvalue weighted by atomic mass is 32.1. The molecule has 2 aliphatic heterocycles. The highest BCUT2D eigenvalue weighted by Crippen LogP contribution is 2.51. The van der Waals surface area contributed by atoms with E-state index in [1.165, 1.54) is 5.56 Å². The van der Waals surface area contributed by atoms with Gasteiger partial charge in [-0.1, -0.05) is 35.6 Å². The number of anilines is 3. The molecule has 37 heavy (non-hydrogen) atoms. The summed E-state index contributed by atoms with van der Waals surface area (Å²) in [4.78, 5) is 27.4. The van der Waals surface area contributed by atoms with Gasteiger partial charge < -0.3 is 27.0 Å². The molecule has 13 heteroatoms. The Hall–Kier alpha value is -3.45. The molecular weight excluding hydrogens is 505 g/mol. The predicted octanol–water partition coefficient (Wildman–Crippen LogP) is 2.83. The minimum absolute atomic E-state index is 0.0144. The molecule has 1 amide bonds. The van der Waals surface area contributed by atoms with Gasteiger partial charge in [-0.15, -0.1) is 0 Å². The summed E-state index contributed by atoms with van der Waals surface area (Å²) in [5.74, 6) is -5.68. The number of nitrogen functional groups attached to an aromatic ring is 2. The van der Waals surface area contributed by atoms with Crippen molar-refractivity contribution in [2.24, 2.45) is 11.1 Å². The van der Waals surface area contributed by atoms with Crippen LogP contribution in [0, 0.1) is 11.4 Å². The van der Waals surface area contributed by atoms with Crippen LogP contribution in [-0.4, -0.2) is 45.4 Å². The molecule has 2 aromatic heterocycles. The zero-order valence-electron chi connectivity index (χ0n) is 19.8. The highest BCUT2D eigenvalue weighted by molar-refractivity contribution is 7.15. The van der Waals surface area contributed by atoms with E-state index in [9.17, 15) is 13.6 Å². The lowest BCUT2D eigenvalue weighted by molar-refractivity contribution is -0.0478. The van der Waals surface area contributed by atoms with Gasteiger partial charge >= 0.3 is 5.92 Å². The Morgan fingerprint density at radius 2 is 1.84 bits per heavy atom. The maximum atomic E-state index is 15.2. The number of halogens is 3. The van der Waals surface area contributed by atoms with Crippen LogP contribution < -0.4 is 22.1 Å². The van der Waals surface area contributed by atoms with Gasteiger partial charge in [0.1, 0.15) is 5.69 Å². The van der Waals surface area contributed by atoms with Crippen LogP contribution in [0.4, 0.5) is 29.9 Å². The molecule has 0 saturated carbocycles. The van der Waals surface area contributed by atoms with Crippen molar-refractivity contribution in [1.82, 2.24) is 19.9 Å². The lowest BCUT2D eigenvalue weighted by Crippen LogP contribution is -2.45. The summed E-state index contributed by atoms with van der Waals surface area (Å²) in [6, 6.07) is 8.06. The molecule has 1 aromatic carbocycles. The zero-order chi connectivity index (χ0) is 26.1. The van der Waals surface area contributed by atoms with E-state index in [4.69, 9.17) is 17.2 Å². The van der Waals surface area contributed by atoms with Crippen LogP contribution in [-0.2, 0) is 18.9 Å². The number of hydrogen-bond acceptors (Lipinski definition) is 9. The minimum atomic E-state index is -3.40. The van der Waals surface area contributed by atoms with Crippen LogP contribution in [0.2, 0.25) is 0 Å². The van der Waals surface area contributed by atoms with E-state index in [1.54, 1.807) is 4.90 Å². The molecule has 0 unspecified atom stereocenters. The van der Waals surface area contributed by atoms with Gasteiger partial charge in [-0.2, -0.15) is 13.2 Å². The first-order valence-electron chi connectivity index (χ1n) is 11.9. The van der Waals surface area contributed by atoms with E-state index in [1.807, 2.05) is 12.1 Å². The number of fused-ring (bicyclic) bond motifs is 2. The van der Waals surface area contributed by atoms with Gasteiger partial charge in [0.2, 0.25) is 0 Å². The number of carbonyl (C=O) groups is 1. The number of alkyl halides is 2. The number of nitrogens with zero attached hydrogens (tertiary/aromatic N) is 5. The highest BCUT2D eigenvalue weighted by Gasteiger charge is 2.47. The molecule has 6 N–H and O–H groups in total. The lowest BCUT2D eigenvalue weighted by Gasteiger charge is -2.42. The van der Waals surface area contributed by atoms with Crippen molar-refractivity contribution in [3.8, 4) is 0 Å². The molecule has 0 radical (unpaired) electrons. The van der Waals surface area contributed by atoms with Crippen molar-refractivity contribution >= 4 is 34.0 Å². The van der Waals surface area contributed by atoms with Gasteiger partial charge in [0.15, 0.2) is 22.5 Å². The summed E-state index contributed by atoms with van der Waals surface area (Å²) in [6.45, 7) is -0.106. The number of nitrogens with two attached hydrogens (primary N) is 3. The van der Waals surface area contributed by atoms with Crippen molar-refractivity contribution in [2.75, 3.05) is 36.0 Å². The van der Waals surface area contributed by atoms with Crippen molar-refractivity contribution in [1.29, 1.82) is 0 Å². The smallest absolute Gasteiger partial charge is 0.308 e. The van der Waals surface area contributed by atoms with Gasteiger partial charge in [0.25, 0.3) is 11.9 Å². The van der Waals surface area contributed by atoms with Crippen molar-refractivity contribution in [3.63, 3.8) is 0 Å². The molecule has 3 aliphatic rings. The van der Waals surface area contributed by atoms with Gasteiger partial charge in [0.05, 0.1) is 18.0 Å². The van der Waals surface area contributed by atoms with Crippen LogP contribution >= 0.6 is 11.3 Å². The Morgan fingerprint density at radius 3 is 2.57 bits per heavy atom. The number of amides is 1. The van der Waals surface area contributed by atoms with Crippen LogP contribution in [0.3, 0.4) is 0 Å². The van der Waals surface area contributed by atoms with E-state index in [0.29, 0.717) is 13.1 Å². The molecule has 1 fully saturated rings. The van der Waals surface area contributed by atoms with Crippen LogP contribution in [0.15, 0.2) is 24.3 Å². The fraction of sp³-hybridized carbons (Fsp3) is 0.417. The van der Waals surface area contributed by atoms with Crippen LogP contribution in [0.5, 0.6) is 0 Å². The number of hydrogen-bond donors (Lipinski definition) is 3. The second kappa shape index (κ2) is 8.28. The lowest BCUT2D eigenvalue weighted by atomic mass is 9.73. The second-order valence-electron chi connectivity index (χ2n) is 9.96. The maximum Gasteiger partial charge on any atom is 0.308 e. The molecular formula is C24H25F3N8OS. The SMILES string of the molecule is Nc1nc2c(s1)CN(C(=O)c1nc(F)c(N3CCC4(CC3)Cc3ccccc3[C@H]4N)nc1N)CC2(F)F. The second-order valence-corrected chi connectivity index (χ2v) is 11.1. The molecule has 6 rings (SSSR count). The molecule has 194 valence electrons. The van der Waals surface area contributed by atoms with Gasteiger partial charge in [-0.25, -0.2) is 15.0 Å². The minimum Gasteiger partial charge on any atom is -0.382 e. The summed E-state index contributed by atoms with van der Waals surface area (Å²) in [6.07, 6.45) is 2.33. The molecule has 1 atom stereocenters. The fourth-order valence-electron chi connectivity index (χ4n) is 5.85. The van der Waals surface area contributed by atoms with Crippen molar-refractivity contribution in [2.45, 2.75) is 37.8 Å². The Bertz CT molecular complexity index is 1400. The quantitative estimate of drug-likeness (QED) is 0.460. The first kappa shape index (κ1) is 23.9. The topological polar surface area (TPSA) is 140 Å².